The summed E-state index contributed by atoms with van der Waals surface area (Å²) in [6.07, 6.45) is -4.74. The minimum atomic E-state index is -4.50. The average Bonchev–Trinajstić information content (AvgIpc) is 3.09. The molecule has 2 rings (SSSR count). The third-order valence-corrected chi connectivity index (χ3v) is 3.58. The van der Waals surface area contributed by atoms with Crippen LogP contribution in [-0.2, 0) is 25.2 Å². The third-order valence-electron chi connectivity index (χ3n) is 2.28. The van der Waals surface area contributed by atoms with Crippen LogP contribution in [0.25, 0.3) is 0 Å². The Kier molecular flexibility index (Phi) is 3.35. The molecule has 1 saturated heterocycles. The highest BCUT2D eigenvalue weighted by Gasteiger charge is 2.31. The quantitative estimate of drug-likeness (QED) is 0.624. The van der Waals surface area contributed by atoms with Crippen molar-refractivity contribution >= 4 is 10.1 Å². The Bertz CT molecular complexity index is 517. The Morgan fingerprint density at radius 1 is 1.28 bits per heavy atom. The maximum atomic E-state index is 12.3. The van der Waals surface area contributed by atoms with E-state index in [0.717, 1.165) is 12.1 Å². The van der Waals surface area contributed by atoms with Gasteiger partial charge in [0, 0.05) is 0 Å². The number of ether oxygens (including phenoxy) is 1. The highest BCUT2D eigenvalue weighted by molar-refractivity contribution is 7.86. The first-order chi connectivity index (χ1) is 8.29. The van der Waals surface area contributed by atoms with E-state index in [4.69, 9.17) is 4.74 Å². The summed E-state index contributed by atoms with van der Waals surface area (Å²) in [5.41, 5.74) is -0.910. The molecule has 0 radical (unpaired) electrons. The molecule has 0 amide bonds. The van der Waals surface area contributed by atoms with Gasteiger partial charge in [-0.15, -0.1) is 0 Å². The van der Waals surface area contributed by atoms with E-state index in [1.54, 1.807) is 0 Å². The molecule has 1 heterocycles. The van der Waals surface area contributed by atoms with Gasteiger partial charge in [-0.2, -0.15) is 21.6 Å². The molecule has 18 heavy (non-hydrogen) atoms. The second kappa shape index (κ2) is 4.52. The lowest BCUT2D eigenvalue weighted by Gasteiger charge is -2.08. The topological polar surface area (TPSA) is 55.9 Å². The molecule has 1 fully saturated rings. The molecule has 1 aromatic rings. The normalized spacial score (nSPS) is 19.8. The smallest absolute Gasteiger partial charge is 0.371 e. The van der Waals surface area contributed by atoms with Gasteiger partial charge in [0.2, 0.25) is 0 Å². The monoisotopic (exact) mass is 282 g/mol. The fourth-order valence-corrected chi connectivity index (χ4v) is 2.14. The molecule has 0 spiro atoms. The van der Waals surface area contributed by atoms with Crippen molar-refractivity contribution in [3.63, 3.8) is 0 Å². The molecule has 1 atom stereocenters. The van der Waals surface area contributed by atoms with Crippen molar-refractivity contribution in [2.75, 3.05) is 13.2 Å². The Balaban J connectivity index is 2.12. The largest absolute Gasteiger partial charge is 0.416 e. The lowest BCUT2D eigenvalue weighted by atomic mass is 10.2. The maximum absolute atomic E-state index is 12.3. The molecule has 0 saturated carbocycles. The second-order valence-electron chi connectivity index (χ2n) is 3.72. The van der Waals surface area contributed by atoms with Crippen LogP contribution in [0.2, 0.25) is 0 Å². The Labute approximate surface area is 101 Å². The summed E-state index contributed by atoms with van der Waals surface area (Å²) in [5.74, 6) is 0. The summed E-state index contributed by atoms with van der Waals surface area (Å²) in [4.78, 5) is -0.309. The van der Waals surface area contributed by atoms with Crippen molar-refractivity contribution in [3.8, 4) is 0 Å². The molecule has 1 aliphatic rings. The zero-order chi connectivity index (χ0) is 13.4. The molecule has 0 aromatic heterocycles. The van der Waals surface area contributed by atoms with Gasteiger partial charge in [0.15, 0.2) is 0 Å². The van der Waals surface area contributed by atoms with Gasteiger partial charge in [-0.05, 0) is 24.3 Å². The summed E-state index contributed by atoms with van der Waals surface area (Å²) in [5, 5.41) is 0. The van der Waals surface area contributed by atoms with Gasteiger partial charge in [0.1, 0.15) is 6.10 Å². The Hall–Kier alpha value is -1.12. The minimum Gasteiger partial charge on any atom is -0.371 e. The number of epoxide rings is 1. The number of rotatable bonds is 4. The van der Waals surface area contributed by atoms with Gasteiger partial charge >= 0.3 is 6.18 Å². The second-order valence-corrected chi connectivity index (χ2v) is 5.33. The first-order valence-electron chi connectivity index (χ1n) is 4.97. The van der Waals surface area contributed by atoms with E-state index in [1.165, 1.54) is 0 Å². The molecule has 8 heteroatoms. The van der Waals surface area contributed by atoms with E-state index in [0.29, 0.717) is 18.7 Å². The highest BCUT2D eigenvalue weighted by Crippen LogP contribution is 2.30. The van der Waals surface area contributed by atoms with Crippen LogP contribution in [0.3, 0.4) is 0 Å². The van der Waals surface area contributed by atoms with E-state index >= 15 is 0 Å². The van der Waals surface area contributed by atoms with Crippen LogP contribution in [0.4, 0.5) is 13.2 Å². The van der Waals surface area contributed by atoms with Crippen LogP contribution in [0, 0.1) is 0 Å². The molecule has 0 bridgehead atoms. The van der Waals surface area contributed by atoms with E-state index < -0.39 is 21.9 Å². The fraction of sp³-hybridized carbons (Fsp3) is 0.400. The Morgan fingerprint density at radius 3 is 2.28 bits per heavy atom. The average molecular weight is 282 g/mol. The van der Waals surface area contributed by atoms with Crippen molar-refractivity contribution in [1.82, 2.24) is 0 Å². The van der Waals surface area contributed by atoms with Crippen LogP contribution in [0.1, 0.15) is 5.56 Å². The van der Waals surface area contributed by atoms with E-state index in [2.05, 4.69) is 4.18 Å². The number of benzene rings is 1. The summed E-state index contributed by atoms with van der Waals surface area (Å²) >= 11 is 0. The van der Waals surface area contributed by atoms with Crippen molar-refractivity contribution in [2.24, 2.45) is 0 Å². The van der Waals surface area contributed by atoms with Crippen molar-refractivity contribution in [1.29, 1.82) is 0 Å². The minimum absolute atomic E-state index is 0.122. The van der Waals surface area contributed by atoms with Gasteiger partial charge in [0.05, 0.1) is 23.7 Å². The molecule has 0 unspecified atom stereocenters. The predicted octanol–water partition coefficient (Wildman–Crippen LogP) is 1.81. The standard InChI is InChI=1S/C10H9F3O4S/c11-10(12,13)7-1-3-9(4-2-7)18(14,15)17-6-8-5-16-8/h1-4,8H,5-6H2/t8-/m0/s1. The molecule has 100 valence electrons. The van der Waals surface area contributed by atoms with E-state index in [9.17, 15) is 21.6 Å². The molecular weight excluding hydrogens is 273 g/mol. The summed E-state index contributed by atoms with van der Waals surface area (Å²) in [6, 6.07) is 3.13. The molecule has 4 nitrogen and oxygen atoms in total. The summed E-state index contributed by atoms with van der Waals surface area (Å²) in [6.45, 7) is 0.311. The number of alkyl halides is 3. The van der Waals surface area contributed by atoms with Crippen LogP contribution in [0.5, 0.6) is 0 Å². The third kappa shape index (κ3) is 3.21. The zero-order valence-corrected chi connectivity index (χ0v) is 9.79. The van der Waals surface area contributed by atoms with Gasteiger partial charge in [0.25, 0.3) is 10.1 Å². The first-order valence-corrected chi connectivity index (χ1v) is 6.38. The number of hydrogen-bond donors (Lipinski definition) is 0. The van der Waals surface area contributed by atoms with Crippen LogP contribution in [-0.4, -0.2) is 27.7 Å². The molecular formula is C10H9F3O4S. The molecule has 1 aromatic carbocycles. The lowest BCUT2D eigenvalue weighted by Crippen LogP contribution is -2.11. The highest BCUT2D eigenvalue weighted by atomic mass is 32.2. The van der Waals surface area contributed by atoms with Crippen molar-refractivity contribution in [3.05, 3.63) is 29.8 Å². The first kappa shape index (κ1) is 13.3. The van der Waals surface area contributed by atoms with Gasteiger partial charge in [-0.1, -0.05) is 0 Å². The predicted molar refractivity (Wildman–Crippen MR) is 54.3 cm³/mol. The van der Waals surface area contributed by atoms with E-state index in [-0.39, 0.29) is 17.6 Å². The lowest BCUT2D eigenvalue weighted by molar-refractivity contribution is -0.137. The number of hydrogen-bond acceptors (Lipinski definition) is 4. The molecule has 0 N–H and O–H groups in total. The van der Waals surface area contributed by atoms with Gasteiger partial charge < -0.3 is 4.74 Å². The van der Waals surface area contributed by atoms with Gasteiger partial charge in [-0.25, -0.2) is 0 Å². The zero-order valence-electron chi connectivity index (χ0n) is 8.98. The van der Waals surface area contributed by atoms with Gasteiger partial charge in [-0.3, -0.25) is 4.18 Å². The Morgan fingerprint density at radius 2 is 1.83 bits per heavy atom. The number of halogens is 3. The van der Waals surface area contributed by atoms with Crippen LogP contribution >= 0.6 is 0 Å². The summed E-state index contributed by atoms with van der Waals surface area (Å²) in [7, 11) is -4.02. The van der Waals surface area contributed by atoms with Crippen molar-refractivity contribution in [2.45, 2.75) is 17.2 Å². The van der Waals surface area contributed by atoms with Crippen LogP contribution < -0.4 is 0 Å². The SMILES string of the molecule is O=S(=O)(OC[C@@H]1CO1)c1ccc(C(F)(F)F)cc1. The van der Waals surface area contributed by atoms with E-state index in [1.807, 2.05) is 0 Å². The molecule has 0 aliphatic carbocycles. The fourth-order valence-electron chi connectivity index (χ4n) is 1.21. The van der Waals surface area contributed by atoms with Crippen molar-refractivity contribution < 1.29 is 30.5 Å². The summed E-state index contributed by atoms with van der Waals surface area (Å²) < 4.78 is 69.4. The molecule has 1 aliphatic heterocycles. The van der Waals surface area contributed by atoms with Crippen LogP contribution in [0.15, 0.2) is 29.2 Å². The maximum Gasteiger partial charge on any atom is 0.416 e.